The fraction of sp³-hybridized carbons (Fsp3) is 0.382. The van der Waals surface area contributed by atoms with Crippen LogP contribution in [-0.4, -0.2) is 41.7 Å². The van der Waals surface area contributed by atoms with Gasteiger partial charge in [0.1, 0.15) is 34.0 Å². The molecule has 0 radical (unpaired) electrons. The Hall–Kier alpha value is -3.54. The summed E-state index contributed by atoms with van der Waals surface area (Å²) in [6, 6.07) is 14.4. The fourth-order valence-corrected chi connectivity index (χ4v) is 7.19. The van der Waals surface area contributed by atoms with Crippen molar-refractivity contribution in [2.45, 2.75) is 70.6 Å². The molecule has 1 amide bonds. The van der Waals surface area contributed by atoms with Crippen LogP contribution in [0, 0.1) is 11.6 Å². The van der Waals surface area contributed by atoms with Gasteiger partial charge in [-0.3, -0.25) is 9.10 Å². The van der Waals surface area contributed by atoms with Crippen LogP contribution in [0.2, 0.25) is 0 Å². The summed E-state index contributed by atoms with van der Waals surface area (Å²) in [5.74, 6) is -0.638. The van der Waals surface area contributed by atoms with Gasteiger partial charge in [-0.15, -0.1) is 0 Å². The highest BCUT2D eigenvalue weighted by Gasteiger charge is 2.44. The van der Waals surface area contributed by atoms with E-state index >= 15 is 4.39 Å². The quantitative estimate of drug-likeness (QED) is 0.221. The molecule has 6 rings (SSSR count). The molecule has 1 saturated heterocycles. The van der Waals surface area contributed by atoms with Gasteiger partial charge in [0.15, 0.2) is 0 Å². The summed E-state index contributed by atoms with van der Waals surface area (Å²) in [6.07, 6.45) is 4.17. The molecular formula is C34H37BF2N2O5S. The Morgan fingerprint density at radius 3 is 2.27 bits per heavy atom. The first-order chi connectivity index (χ1) is 21.2. The molecule has 1 N–H and O–H groups in total. The maximum Gasteiger partial charge on any atom is 0.497 e. The summed E-state index contributed by atoms with van der Waals surface area (Å²) in [5.41, 5.74) is 2.96. The molecule has 1 saturated carbocycles. The third-order valence-corrected chi connectivity index (χ3v) is 9.29. The minimum Gasteiger partial charge on any atom is -0.455 e. The van der Waals surface area contributed by atoms with Crippen LogP contribution in [0.15, 0.2) is 59.0 Å². The van der Waals surface area contributed by atoms with Gasteiger partial charge in [0.25, 0.3) is 5.91 Å². The molecule has 7 nitrogen and oxygen atoms in total. The predicted octanol–water partition coefficient (Wildman–Crippen LogP) is 6.60. The van der Waals surface area contributed by atoms with E-state index in [-0.39, 0.29) is 18.4 Å². The average Bonchev–Trinajstić information content (AvgIpc) is 3.74. The molecule has 236 valence electrons. The number of furan rings is 1. The largest absolute Gasteiger partial charge is 0.497 e. The Balaban J connectivity index is 1.39. The van der Waals surface area contributed by atoms with E-state index in [1.807, 2.05) is 39.8 Å². The van der Waals surface area contributed by atoms with Gasteiger partial charge in [0.2, 0.25) is 0 Å². The van der Waals surface area contributed by atoms with Crippen molar-refractivity contribution < 1.29 is 31.5 Å². The molecule has 3 aromatic carbocycles. The van der Waals surface area contributed by atoms with Crippen LogP contribution in [0.3, 0.4) is 0 Å². The average molecular weight is 635 g/mol. The zero-order valence-corrected chi connectivity index (χ0v) is 27.1. The molecule has 0 bridgehead atoms. The number of amides is 1. The number of nitrogens with zero attached hydrogens (tertiary/aromatic N) is 1. The second-order valence-electron chi connectivity index (χ2n) is 13.2. The van der Waals surface area contributed by atoms with E-state index in [9.17, 15) is 13.4 Å². The van der Waals surface area contributed by atoms with Gasteiger partial charge in [0, 0.05) is 42.2 Å². The van der Waals surface area contributed by atoms with Crippen molar-refractivity contribution in [1.29, 1.82) is 0 Å². The maximum absolute atomic E-state index is 15.6. The van der Waals surface area contributed by atoms with Gasteiger partial charge in [-0.2, -0.15) is 0 Å². The Morgan fingerprint density at radius 2 is 1.69 bits per heavy atom. The molecular weight excluding hydrogens is 597 g/mol. The first kappa shape index (κ1) is 31.4. The Morgan fingerprint density at radius 1 is 1.02 bits per heavy atom. The molecule has 1 aliphatic heterocycles. The Kier molecular flexibility index (Phi) is 8.16. The summed E-state index contributed by atoms with van der Waals surface area (Å²) in [5, 5.41) is 3.31. The maximum atomic E-state index is 15.6. The van der Waals surface area contributed by atoms with Crippen molar-refractivity contribution in [2.24, 2.45) is 0 Å². The van der Waals surface area contributed by atoms with E-state index in [0.717, 1.165) is 18.4 Å². The lowest BCUT2D eigenvalue weighted by atomic mass is 9.72. The normalized spacial score (nSPS) is 18.2. The second-order valence-corrected chi connectivity index (χ2v) is 14.4. The van der Waals surface area contributed by atoms with Crippen LogP contribution in [0.25, 0.3) is 22.3 Å². The van der Waals surface area contributed by atoms with Crippen molar-refractivity contribution in [1.82, 2.24) is 5.32 Å². The molecule has 1 unspecified atom stereocenters. The lowest BCUT2D eigenvalue weighted by molar-refractivity contribution is -0.0718. The van der Waals surface area contributed by atoms with Crippen molar-refractivity contribution in [2.75, 3.05) is 17.6 Å². The second kappa shape index (κ2) is 11.7. The summed E-state index contributed by atoms with van der Waals surface area (Å²) < 4.78 is 62.8. The highest BCUT2D eigenvalue weighted by molar-refractivity contribution is 7.85. The zero-order valence-electron chi connectivity index (χ0n) is 26.3. The number of benzene rings is 3. The molecule has 45 heavy (non-hydrogen) atoms. The molecule has 0 spiro atoms. The summed E-state index contributed by atoms with van der Waals surface area (Å²) in [4.78, 5) is 13.1. The van der Waals surface area contributed by atoms with E-state index in [0.29, 0.717) is 51.0 Å². The molecule has 2 fully saturated rings. The highest BCUT2D eigenvalue weighted by atomic mass is 32.2. The summed E-state index contributed by atoms with van der Waals surface area (Å²) in [7, 11) is -0.780. The number of halogens is 2. The van der Waals surface area contributed by atoms with Crippen molar-refractivity contribution in [3.05, 3.63) is 82.9 Å². The molecule has 1 aliphatic carbocycles. The van der Waals surface area contributed by atoms with E-state index < -0.39 is 40.9 Å². The zero-order chi connectivity index (χ0) is 32.3. The number of rotatable bonds is 8. The monoisotopic (exact) mass is 634 g/mol. The van der Waals surface area contributed by atoms with E-state index in [2.05, 4.69) is 5.32 Å². The number of nitrogens with one attached hydrogen (secondary N) is 1. The summed E-state index contributed by atoms with van der Waals surface area (Å²) >= 11 is 0. The topological polar surface area (TPSA) is 81.0 Å². The SMILES string of the molecule is CNC(=O)c1c(-c2ccc(F)cc2)oc2cc(N(Cc3ccc(B4OC(C)(C)CC(C)(C)O4)c(F)c3)S(C)=O)c(C3CC3)cc12. The van der Waals surface area contributed by atoms with Gasteiger partial charge in [-0.05, 0) is 94.0 Å². The minimum atomic E-state index is -1.48. The number of carbonyl (C=O) groups excluding carboxylic acids is 1. The number of carbonyl (C=O) groups is 1. The number of hydrogen-bond acceptors (Lipinski definition) is 5. The standard InChI is InChI=1S/C34H37BF2N2O5S/c1-33(2)19-34(3,4)44-35(43-33)26-14-7-20(15-27(26)37)18-39(45(6)41)28-17-29-25(16-24(28)21-8-9-21)30(32(40)38-5)31(42-29)22-10-12-23(36)13-11-22/h7,10-17,21H,8-9,18-19H2,1-6H3,(H,38,40). The van der Waals surface area contributed by atoms with Gasteiger partial charge < -0.3 is 19.0 Å². The Labute approximate surface area is 265 Å². The van der Waals surface area contributed by atoms with Crippen LogP contribution in [0.4, 0.5) is 14.5 Å². The molecule has 4 aromatic rings. The molecule has 1 atom stereocenters. The smallest absolute Gasteiger partial charge is 0.455 e. The number of anilines is 1. The summed E-state index contributed by atoms with van der Waals surface area (Å²) in [6.45, 7) is 8.05. The molecule has 2 aliphatic rings. The van der Waals surface area contributed by atoms with Crippen molar-refractivity contribution in [3.63, 3.8) is 0 Å². The van der Waals surface area contributed by atoms with Gasteiger partial charge in [0.05, 0.1) is 29.0 Å². The minimum absolute atomic E-state index is 0.169. The van der Waals surface area contributed by atoms with Crippen LogP contribution >= 0.6 is 0 Å². The van der Waals surface area contributed by atoms with Gasteiger partial charge >= 0.3 is 7.12 Å². The van der Waals surface area contributed by atoms with Crippen molar-refractivity contribution >= 4 is 46.1 Å². The van der Waals surface area contributed by atoms with Gasteiger partial charge in [-0.1, -0.05) is 12.1 Å². The number of fused-ring (bicyclic) bond motifs is 1. The fourth-order valence-electron chi connectivity index (χ4n) is 6.42. The van der Waals surface area contributed by atoms with Crippen molar-refractivity contribution in [3.8, 4) is 11.3 Å². The van der Waals surface area contributed by atoms with E-state index in [1.165, 1.54) is 18.2 Å². The first-order valence-electron chi connectivity index (χ1n) is 15.1. The van der Waals surface area contributed by atoms with Crippen LogP contribution < -0.4 is 15.1 Å². The predicted molar refractivity (Wildman–Crippen MR) is 174 cm³/mol. The van der Waals surface area contributed by atoms with Crippen LogP contribution in [-0.2, 0) is 26.8 Å². The van der Waals surface area contributed by atoms with E-state index in [1.54, 1.807) is 41.9 Å². The van der Waals surface area contributed by atoms with Crippen LogP contribution in [0.5, 0.6) is 0 Å². The third-order valence-electron chi connectivity index (χ3n) is 8.34. The third kappa shape index (κ3) is 6.43. The Bertz CT molecular complexity index is 1790. The molecule has 2 heterocycles. The number of hydrogen-bond donors (Lipinski definition) is 1. The first-order valence-corrected chi connectivity index (χ1v) is 16.6. The molecule has 1 aromatic heterocycles. The lowest BCUT2D eigenvalue weighted by Gasteiger charge is -2.44. The molecule has 11 heteroatoms. The van der Waals surface area contributed by atoms with Gasteiger partial charge in [-0.25, -0.2) is 13.0 Å². The van der Waals surface area contributed by atoms with Crippen LogP contribution in [0.1, 0.15) is 74.4 Å². The highest BCUT2D eigenvalue weighted by Crippen LogP contribution is 2.48. The lowest BCUT2D eigenvalue weighted by Crippen LogP contribution is -2.56. The van der Waals surface area contributed by atoms with E-state index in [4.69, 9.17) is 13.7 Å².